The average molecular weight is 345 g/mol. The first-order chi connectivity index (χ1) is 11.7. The fourth-order valence-electron chi connectivity index (χ4n) is 2.68. The summed E-state index contributed by atoms with van der Waals surface area (Å²) in [5, 5.41) is 7.97. The van der Waals surface area contributed by atoms with E-state index < -0.39 is 0 Å². The summed E-state index contributed by atoms with van der Waals surface area (Å²) in [4.78, 5) is 27.9. The van der Waals surface area contributed by atoms with E-state index in [0.717, 1.165) is 17.0 Å². The summed E-state index contributed by atoms with van der Waals surface area (Å²) in [6.07, 6.45) is 0.955. The summed E-state index contributed by atoms with van der Waals surface area (Å²) in [6, 6.07) is 5.63. The highest BCUT2D eigenvalue weighted by Crippen LogP contribution is 2.36. The summed E-state index contributed by atoms with van der Waals surface area (Å²) in [7, 11) is 0. The Hall–Kier alpha value is -2.61. The number of ether oxygens (including phenoxy) is 2. The molecule has 0 bridgehead atoms. The maximum absolute atomic E-state index is 12.2. The molecule has 2 aliphatic heterocycles. The van der Waals surface area contributed by atoms with Crippen LogP contribution in [0.5, 0.6) is 11.5 Å². The molecule has 0 radical (unpaired) electrons. The smallest absolute Gasteiger partial charge is 0.231 e. The number of anilines is 1. The number of hydrogen-bond donors (Lipinski definition) is 2. The molecule has 2 amide bonds. The summed E-state index contributed by atoms with van der Waals surface area (Å²) < 4.78 is 10.7. The van der Waals surface area contributed by atoms with E-state index >= 15 is 0 Å². The minimum absolute atomic E-state index is 0.00149. The fourth-order valence-corrected chi connectivity index (χ4v) is 3.41. The molecule has 2 aromatic rings. The quantitative estimate of drug-likeness (QED) is 0.888. The van der Waals surface area contributed by atoms with Gasteiger partial charge in [-0.3, -0.25) is 9.59 Å². The summed E-state index contributed by atoms with van der Waals surface area (Å²) in [5.74, 6) is 1.10. The Morgan fingerprint density at radius 2 is 2.21 bits per heavy atom. The van der Waals surface area contributed by atoms with Crippen LogP contribution in [0.3, 0.4) is 0 Å². The average Bonchev–Trinajstić information content (AvgIpc) is 3.23. The van der Waals surface area contributed by atoms with Gasteiger partial charge in [0.1, 0.15) is 0 Å². The number of piperidine rings is 1. The van der Waals surface area contributed by atoms with Gasteiger partial charge in [-0.05, 0) is 24.6 Å². The maximum atomic E-state index is 12.2. The van der Waals surface area contributed by atoms with Crippen LogP contribution in [0.25, 0.3) is 11.3 Å². The third-order valence-corrected chi connectivity index (χ3v) is 4.80. The largest absolute Gasteiger partial charge is 0.454 e. The zero-order valence-electron chi connectivity index (χ0n) is 12.7. The van der Waals surface area contributed by atoms with Crippen molar-refractivity contribution >= 4 is 28.3 Å². The van der Waals surface area contributed by atoms with E-state index in [1.54, 1.807) is 0 Å². The highest BCUT2D eigenvalue weighted by Gasteiger charge is 2.25. The molecule has 0 unspecified atom stereocenters. The normalized spacial score (nSPS) is 19.0. The lowest BCUT2D eigenvalue weighted by Gasteiger charge is -2.20. The molecule has 1 aromatic heterocycles. The van der Waals surface area contributed by atoms with E-state index in [2.05, 4.69) is 15.6 Å². The third kappa shape index (κ3) is 2.92. The lowest BCUT2D eigenvalue weighted by Crippen LogP contribution is -2.40. The van der Waals surface area contributed by atoms with Crippen molar-refractivity contribution in [2.75, 3.05) is 18.7 Å². The third-order valence-electron chi connectivity index (χ3n) is 4.04. The lowest BCUT2D eigenvalue weighted by molar-refractivity contribution is -0.126. The molecular weight excluding hydrogens is 330 g/mol. The Morgan fingerprint density at radius 3 is 3.04 bits per heavy atom. The molecule has 1 aromatic carbocycles. The van der Waals surface area contributed by atoms with Crippen LogP contribution in [0.1, 0.15) is 12.8 Å². The van der Waals surface area contributed by atoms with E-state index in [1.807, 2.05) is 23.6 Å². The zero-order chi connectivity index (χ0) is 16.5. The van der Waals surface area contributed by atoms with Crippen molar-refractivity contribution in [2.45, 2.75) is 12.8 Å². The minimum atomic E-state index is -0.208. The number of thiazole rings is 1. The van der Waals surface area contributed by atoms with E-state index in [0.29, 0.717) is 30.3 Å². The van der Waals surface area contributed by atoms with Gasteiger partial charge in [-0.1, -0.05) is 0 Å². The lowest BCUT2D eigenvalue weighted by atomic mass is 9.98. The predicted molar refractivity (Wildman–Crippen MR) is 88.0 cm³/mol. The number of carbonyl (C=O) groups is 2. The number of carbonyl (C=O) groups excluding carboxylic acids is 2. The standard InChI is InChI=1S/C16H15N3O4S/c20-14-4-2-10(6-17-14)15(21)19-16-18-11(7-24-16)9-1-3-12-13(5-9)23-8-22-12/h1,3,5,7,10H,2,4,6,8H2,(H,17,20)(H,18,19,21)/t10-/m1/s1. The van der Waals surface area contributed by atoms with Gasteiger partial charge >= 0.3 is 0 Å². The van der Waals surface area contributed by atoms with Gasteiger partial charge in [0.25, 0.3) is 0 Å². The number of hydrogen-bond acceptors (Lipinski definition) is 6. The highest BCUT2D eigenvalue weighted by molar-refractivity contribution is 7.14. The molecule has 0 spiro atoms. The van der Waals surface area contributed by atoms with Gasteiger partial charge in [0.2, 0.25) is 18.6 Å². The first kappa shape index (κ1) is 14.9. The van der Waals surface area contributed by atoms with Crippen molar-refractivity contribution in [2.24, 2.45) is 5.92 Å². The molecule has 0 saturated carbocycles. The van der Waals surface area contributed by atoms with Crippen molar-refractivity contribution in [3.05, 3.63) is 23.6 Å². The topological polar surface area (TPSA) is 89.6 Å². The molecule has 4 rings (SSSR count). The second-order valence-electron chi connectivity index (χ2n) is 5.63. The van der Waals surface area contributed by atoms with Gasteiger partial charge in [-0.25, -0.2) is 4.98 Å². The Morgan fingerprint density at radius 1 is 1.33 bits per heavy atom. The Labute approximate surface area is 142 Å². The second-order valence-corrected chi connectivity index (χ2v) is 6.49. The fraction of sp³-hybridized carbons (Fsp3) is 0.312. The van der Waals surface area contributed by atoms with Crippen molar-refractivity contribution in [3.63, 3.8) is 0 Å². The van der Waals surface area contributed by atoms with Crippen LogP contribution in [0.2, 0.25) is 0 Å². The number of amides is 2. The van der Waals surface area contributed by atoms with Crippen LogP contribution in [0.15, 0.2) is 23.6 Å². The van der Waals surface area contributed by atoms with E-state index in [1.165, 1.54) is 11.3 Å². The molecule has 0 aliphatic carbocycles. The van der Waals surface area contributed by atoms with Crippen LogP contribution in [0, 0.1) is 5.92 Å². The Balaban J connectivity index is 1.45. The number of nitrogens with one attached hydrogen (secondary N) is 2. The Kier molecular flexibility index (Phi) is 3.81. The molecule has 8 heteroatoms. The second kappa shape index (κ2) is 6.12. The number of nitrogens with zero attached hydrogens (tertiary/aromatic N) is 1. The molecule has 7 nitrogen and oxygen atoms in total. The van der Waals surface area contributed by atoms with Crippen LogP contribution in [0.4, 0.5) is 5.13 Å². The molecule has 2 aliphatic rings. The molecule has 2 N–H and O–H groups in total. The highest BCUT2D eigenvalue weighted by atomic mass is 32.1. The number of aromatic nitrogens is 1. The van der Waals surface area contributed by atoms with Crippen molar-refractivity contribution in [3.8, 4) is 22.8 Å². The minimum Gasteiger partial charge on any atom is -0.454 e. The van der Waals surface area contributed by atoms with Gasteiger partial charge < -0.3 is 20.1 Å². The molecule has 1 atom stereocenters. The van der Waals surface area contributed by atoms with Crippen LogP contribution >= 0.6 is 11.3 Å². The zero-order valence-corrected chi connectivity index (χ0v) is 13.5. The molecule has 1 fully saturated rings. The first-order valence-electron chi connectivity index (χ1n) is 7.62. The van der Waals surface area contributed by atoms with Crippen LogP contribution < -0.4 is 20.1 Å². The summed E-state index contributed by atoms with van der Waals surface area (Å²) in [6.45, 7) is 0.611. The van der Waals surface area contributed by atoms with Crippen molar-refractivity contribution in [1.29, 1.82) is 0 Å². The molecule has 24 heavy (non-hydrogen) atoms. The van der Waals surface area contributed by atoms with Gasteiger partial charge in [-0.2, -0.15) is 0 Å². The number of rotatable bonds is 3. The predicted octanol–water partition coefficient (Wildman–Crippen LogP) is 2.00. The van der Waals surface area contributed by atoms with E-state index in [4.69, 9.17) is 9.47 Å². The van der Waals surface area contributed by atoms with Crippen molar-refractivity contribution < 1.29 is 19.1 Å². The van der Waals surface area contributed by atoms with Gasteiger partial charge in [0.15, 0.2) is 16.6 Å². The molecular formula is C16H15N3O4S. The van der Waals surface area contributed by atoms with E-state index in [-0.39, 0.29) is 24.5 Å². The van der Waals surface area contributed by atoms with Gasteiger partial charge in [0.05, 0.1) is 11.6 Å². The molecule has 124 valence electrons. The molecule has 1 saturated heterocycles. The van der Waals surface area contributed by atoms with Gasteiger partial charge in [-0.15, -0.1) is 11.3 Å². The summed E-state index contributed by atoms with van der Waals surface area (Å²) >= 11 is 1.37. The van der Waals surface area contributed by atoms with Crippen molar-refractivity contribution in [1.82, 2.24) is 10.3 Å². The SMILES string of the molecule is O=C1CC[C@@H](C(=O)Nc2nc(-c3ccc4c(c3)OCO4)cs2)CN1. The number of fused-ring (bicyclic) bond motifs is 1. The van der Waals surface area contributed by atoms with Crippen LogP contribution in [-0.2, 0) is 9.59 Å². The molecule has 3 heterocycles. The monoisotopic (exact) mass is 345 g/mol. The maximum Gasteiger partial charge on any atom is 0.231 e. The Bertz CT molecular complexity index is 794. The summed E-state index contributed by atoms with van der Waals surface area (Å²) in [5.41, 5.74) is 1.67. The van der Waals surface area contributed by atoms with E-state index in [9.17, 15) is 9.59 Å². The number of benzene rings is 1. The van der Waals surface area contributed by atoms with Crippen LogP contribution in [-0.4, -0.2) is 30.1 Å². The van der Waals surface area contributed by atoms with Gasteiger partial charge in [0, 0.05) is 23.9 Å². The first-order valence-corrected chi connectivity index (χ1v) is 8.50.